The molecular formula is C16H34N4O2. The lowest BCUT2D eigenvalue weighted by Gasteiger charge is -2.41. The SMILES string of the molecule is CC(NC(=O)OC(C)(C)C)C(CN)N1CCC(N(C)C)CC1. The minimum absolute atomic E-state index is 0.0317. The molecule has 1 heterocycles. The largest absolute Gasteiger partial charge is 0.444 e. The number of nitrogens with zero attached hydrogens (tertiary/aromatic N) is 2. The normalized spacial score (nSPS) is 20.7. The lowest BCUT2D eigenvalue weighted by atomic mass is 9.99. The Labute approximate surface area is 135 Å². The van der Waals surface area contributed by atoms with Crippen LogP contribution in [0.25, 0.3) is 0 Å². The zero-order chi connectivity index (χ0) is 16.9. The van der Waals surface area contributed by atoms with Gasteiger partial charge in [0, 0.05) is 37.8 Å². The van der Waals surface area contributed by atoms with E-state index in [9.17, 15) is 4.79 Å². The van der Waals surface area contributed by atoms with Crippen LogP contribution in [0.3, 0.4) is 0 Å². The summed E-state index contributed by atoms with van der Waals surface area (Å²) in [6.45, 7) is 10.2. The number of alkyl carbamates (subject to hydrolysis) is 1. The van der Waals surface area contributed by atoms with Gasteiger partial charge in [-0.15, -0.1) is 0 Å². The summed E-state index contributed by atoms with van der Waals surface area (Å²) in [5, 5.41) is 2.93. The van der Waals surface area contributed by atoms with Gasteiger partial charge in [-0.25, -0.2) is 4.79 Å². The fourth-order valence-electron chi connectivity index (χ4n) is 2.99. The van der Waals surface area contributed by atoms with Crippen molar-refractivity contribution < 1.29 is 9.53 Å². The first-order chi connectivity index (χ1) is 10.1. The molecule has 130 valence electrons. The summed E-state index contributed by atoms with van der Waals surface area (Å²) in [4.78, 5) is 16.6. The Morgan fingerprint density at radius 2 is 1.91 bits per heavy atom. The number of piperidine rings is 1. The summed E-state index contributed by atoms with van der Waals surface area (Å²) in [5.41, 5.74) is 5.48. The maximum absolute atomic E-state index is 11.9. The van der Waals surface area contributed by atoms with Crippen LogP contribution in [-0.4, -0.2) is 73.3 Å². The van der Waals surface area contributed by atoms with Gasteiger partial charge < -0.3 is 20.7 Å². The summed E-state index contributed by atoms with van der Waals surface area (Å²) in [5.74, 6) is 0. The summed E-state index contributed by atoms with van der Waals surface area (Å²) in [7, 11) is 4.26. The quantitative estimate of drug-likeness (QED) is 0.799. The molecule has 0 aromatic heterocycles. The minimum Gasteiger partial charge on any atom is -0.444 e. The molecule has 1 aliphatic rings. The van der Waals surface area contributed by atoms with E-state index in [1.54, 1.807) is 0 Å². The molecule has 0 aromatic carbocycles. The molecule has 1 rings (SSSR count). The molecule has 1 amide bonds. The van der Waals surface area contributed by atoms with Gasteiger partial charge in [0.1, 0.15) is 5.60 Å². The Morgan fingerprint density at radius 3 is 2.32 bits per heavy atom. The van der Waals surface area contributed by atoms with Crippen molar-refractivity contribution >= 4 is 6.09 Å². The third-order valence-electron chi connectivity index (χ3n) is 4.26. The summed E-state index contributed by atoms with van der Waals surface area (Å²) < 4.78 is 5.32. The summed E-state index contributed by atoms with van der Waals surface area (Å²) in [6.07, 6.45) is 1.91. The monoisotopic (exact) mass is 314 g/mol. The number of likely N-dealkylation sites (tertiary alicyclic amines) is 1. The Bertz CT molecular complexity index is 347. The van der Waals surface area contributed by atoms with Crippen molar-refractivity contribution in [3.8, 4) is 0 Å². The number of hydrogen-bond donors (Lipinski definition) is 2. The van der Waals surface area contributed by atoms with E-state index >= 15 is 0 Å². The van der Waals surface area contributed by atoms with Gasteiger partial charge >= 0.3 is 6.09 Å². The lowest BCUT2D eigenvalue weighted by molar-refractivity contribution is 0.0442. The predicted molar refractivity (Wildman–Crippen MR) is 90.0 cm³/mol. The van der Waals surface area contributed by atoms with Crippen LogP contribution in [0, 0.1) is 0 Å². The van der Waals surface area contributed by atoms with E-state index in [-0.39, 0.29) is 18.2 Å². The molecule has 2 unspecified atom stereocenters. The van der Waals surface area contributed by atoms with Gasteiger partial charge in [-0.3, -0.25) is 4.90 Å². The molecule has 2 atom stereocenters. The van der Waals surface area contributed by atoms with E-state index in [0.717, 1.165) is 25.9 Å². The van der Waals surface area contributed by atoms with Crippen LogP contribution in [0.4, 0.5) is 4.79 Å². The molecule has 6 heteroatoms. The van der Waals surface area contributed by atoms with Gasteiger partial charge in [0.15, 0.2) is 0 Å². The van der Waals surface area contributed by atoms with Crippen LogP contribution in [0.15, 0.2) is 0 Å². The lowest BCUT2D eigenvalue weighted by Crippen LogP contribution is -2.57. The van der Waals surface area contributed by atoms with Crippen molar-refractivity contribution in [2.75, 3.05) is 33.7 Å². The van der Waals surface area contributed by atoms with Crippen LogP contribution < -0.4 is 11.1 Å². The second-order valence-corrected chi connectivity index (χ2v) is 7.47. The number of nitrogens with one attached hydrogen (secondary N) is 1. The molecule has 1 saturated heterocycles. The molecule has 0 spiro atoms. The van der Waals surface area contributed by atoms with Crippen LogP contribution in [0.1, 0.15) is 40.5 Å². The molecule has 0 radical (unpaired) electrons. The number of rotatable bonds is 5. The highest BCUT2D eigenvalue weighted by molar-refractivity contribution is 5.68. The Kier molecular flexibility index (Phi) is 7.09. The maximum atomic E-state index is 11.9. The smallest absolute Gasteiger partial charge is 0.407 e. The second-order valence-electron chi connectivity index (χ2n) is 7.47. The Hall–Kier alpha value is -0.850. The maximum Gasteiger partial charge on any atom is 0.407 e. The molecule has 0 aliphatic carbocycles. The van der Waals surface area contributed by atoms with Gasteiger partial charge in [0.2, 0.25) is 0 Å². The molecule has 22 heavy (non-hydrogen) atoms. The van der Waals surface area contributed by atoms with E-state index in [1.165, 1.54) is 0 Å². The molecule has 6 nitrogen and oxygen atoms in total. The minimum atomic E-state index is -0.480. The van der Waals surface area contributed by atoms with Crippen molar-refractivity contribution in [1.82, 2.24) is 15.1 Å². The molecular weight excluding hydrogens is 280 g/mol. The van der Waals surface area contributed by atoms with Crippen molar-refractivity contribution in [3.63, 3.8) is 0 Å². The highest BCUT2D eigenvalue weighted by Gasteiger charge is 2.30. The van der Waals surface area contributed by atoms with Crippen molar-refractivity contribution in [2.24, 2.45) is 5.73 Å². The average Bonchev–Trinajstić information content (AvgIpc) is 2.37. The first kappa shape index (κ1) is 19.2. The standard InChI is InChI=1S/C16H34N4O2/c1-12(18-15(21)22-16(2,3)4)14(11-17)20-9-7-13(8-10-20)19(5)6/h12-14H,7-11,17H2,1-6H3,(H,18,21). The molecule has 0 aromatic rings. The molecule has 0 bridgehead atoms. The topological polar surface area (TPSA) is 70.8 Å². The van der Waals surface area contributed by atoms with E-state index in [0.29, 0.717) is 12.6 Å². The Balaban J connectivity index is 2.51. The summed E-state index contributed by atoms with van der Waals surface area (Å²) in [6, 6.07) is 0.759. The van der Waals surface area contributed by atoms with Gasteiger partial charge in [-0.1, -0.05) is 0 Å². The first-order valence-corrected chi connectivity index (χ1v) is 8.24. The van der Waals surface area contributed by atoms with E-state index < -0.39 is 5.60 Å². The number of amides is 1. The zero-order valence-electron chi connectivity index (χ0n) is 15.1. The average molecular weight is 314 g/mol. The number of carbonyl (C=O) groups excluding carboxylic acids is 1. The number of ether oxygens (including phenoxy) is 1. The van der Waals surface area contributed by atoms with Crippen LogP contribution in [0.5, 0.6) is 0 Å². The molecule has 1 fully saturated rings. The van der Waals surface area contributed by atoms with Crippen molar-refractivity contribution in [3.05, 3.63) is 0 Å². The third kappa shape index (κ3) is 6.10. The van der Waals surface area contributed by atoms with Gasteiger partial charge in [-0.05, 0) is 54.6 Å². The van der Waals surface area contributed by atoms with Gasteiger partial charge in [-0.2, -0.15) is 0 Å². The van der Waals surface area contributed by atoms with E-state index in [4.69, 9.17) is 10.5 Å². The molecule has 0 saturated carbocycles. The van der Waals surface area contributed by atoms with Crippen molar-refractivity contribution in [2.45, 2.75) is 64.3 Å². The molecule has 1 aliphatic heterocycles. The first-order valence-electron chi connectivity index (χ1n) is 8.24. The highest BCUT2D eigenvalue weighted by atomic mass is 16.6. The van der Waals surface area contributed by atoms with E-state index in [2.05, 4.69) is 29.2 Å². The number of nitrogens with two attached hydrogens (primary N) is 1. The van der Waals surface area contributed by atoms with Crippen molar-refractivity contribution in [1.29, 1.82) is 0 Å². The number of hydrogen-bond acceptors (Lipinski definition) is 5. The fourth-order valence-corrected chi connectivity index (χ4v) is 2.99. The van der Waals surface area contributed by atoms with E-state index in [1.807, 2.05) is 27.7 Å². The van der Waals surface area contributed by atoms with Gasteiger partial charge in [0.25, 0.3) is 0 Å². The summed E-state index contributed by atoms with van der Waals surface area (Å²) >= 11 is 0. The van der Waals surface area contributed by atoms with Crippen LogP contribution in [-0.2, 0) is 4.74 Å². The van der Waals surface area contributed by atoms with Gasteiger partial charge in [0.05, 0.1) is 0 Å². The van der Waals surface area contributed by atoms with Crippen LogP contribution >= 0.6 is 0 Å². The second kappa shape index (κ2) is 8.13. The predicted octanol–water partition coefficient (Wildman–Crippen LogP) is 1.25. The third-order valence-corrected chi connectivity index (χ3v) is 4.26. The zero-order valence-corrected chi connectivity index (χ0v) is 15.1. The van der Waals surface area contributed by atoms with Crippen LogP contribution in [0.2, 0.25) is 0 Å². The highest BCUT2D eigenvalue weighted by Crippen LogP contribution is 2.18. The number of carbonyl (C=O) groups is 1. The fraction of sp³-hybridized carbons (Fsp3) is 0.938. The molecule has 3 N–H and O–H groups in total. The Morgan fingerprint density at radius 1 is 1.36 bits per heavy atom.